The Hall–Kier alpha value is -2.33. The van der Waals surface area contributed by atoms with Crippen LogP contribution in [-0.4, -0.2) is 43.9 Å². The molecule has 10 heteroatoms. The average Bonchev–Trinajstić information content (AvgIpc) is 3.19. The smallest absolute Gasteiger partial charge is 0.144 e. The zero-order valence-electron chi connectivity index (χ0n) is 18.2. The van der Waals surface area contributed by atoms with Gasteiger partial charge in [0.1, 0.15) is 18.4 Å². The molecule has 0 aliphatic carbocycles. The van der Waals surface area contributed by atoms with Gasteiger partial charge in [-0.1, -0.05) is 18.5 Å². The van der Waals surface area contributed by atoms with Crippen molar-refractivity contribution in [2.24, 2.45) is 22.2 Å². The van der Waals surface area contributed by atoms with Crippen LogP contribution in [0.3, 0.4) is 0 Å². The van der Waals surface area contributed by atoms with E-state index in [0.717, 1.165) is 22.3 Å². The van der Waals surface area contributed by atoms with Crippen LogP contribution in [0.1, 0.15) is 30.0 Å². The van der Waals surface area contributed by atoms with Gasteiger partial charge in [0.25, 0.3) is 0 Å². The van der Waals surface area contributed by atoms with Gasteiger partial charge < -0.3 is 22.0 Å². The molecule has 1 aromatic carbocycles. The summed E-state index contributed by atoms with van der Waals surface area (Å²) in [7, 11) is 3.16. The Balaban J connectivity index is 0.00000121. The minimum atomic E-state index is -0.801. The van der Waals surface area contributed by atoms with Crippen molar-refractivity contribution in [1.29, 1.82) is 0 Å². The number of carbonyl (C=O) groups excluding carboxylic acids is 1. The third-order valence-corrected chi connectivity index (χ3v) is 6.44. The summed E-state index contributed by atoms with van der Waals surface area (Å²) < 4.78 is 28.3. The van der Waals surface area contributed by atoms with Gasteiger partial charge in [-0.05, 0) is 42.9 Å². The zero-order chi connectivity index (χ0) is 24.4. The lowest BCUT2D eigenvalue weighted by molar-refractivity contribution is -0.0979. The molecule has 0 saturated heterocycles. The lowest BCUT2D eigenvalue weighted by Gasteiger charge is -2.19. The number of pyridine rings is 1. The van der Waals surface area contributed by atoms with Crippen molar-refractivity contribution in [2.45, 2.75) is 23.7 Å². The fourth-order valence-corrected chi connectivity index (χ4v) is 4.77. The van der Waals surface area contributed by atoms with Crippen LogP contribution < -0.4 is 17.2 Å². The molecule has 0 radical (unpaired) electrons. The van der Waals surface area contributed by atoms with Crippen LogP contribution in [0.4, 0.5) is 8.78 Å². The normalized spacial score (nSPS) is 16.0. The standard InChI is InChI=1S/C20H21ClF2N4S.CH5N.CH2O/c1-10-9-28-20-11(10)6-18(13(8-25)17(26-2)3-4-24)27-19(20)12-5-14(21)16(23)7-15(12)22;2*1-2/h3-7,10,13H,8-9,24-25H2,1-2H3;2H2,1H3;1H2/b4-3-,26-17?;;. The van der Waals surface area contributed by atoms with Crippen LogP contribution in [0.15, 0.2) is 40.4 Å². The van der Waals surface area contributed by atoms with Crippen molar-refractivity contribution in [3.63, 3.8) is 0 Å². The van der Waals surface area contributed by atoms with Crippen LogP contribution in [0.2, 0.25) is 5.02 Å². The molecule has 6 nitrogen and oxygen atoms in total. The minimum Gasteiger partial charge on any atom is -0.405 e. The number of rotatable bonds is 5. The van der Waals surface area contributed by atoms with Crippen LogP contribution in [0, 0.1) is 11.6 Å². The Morgan fingerprint density at radius 2 is 2.00 bits per heavy atom. The highest BCUT2D eigenvalue weighted by Gasteiger charge is 2.29. The van der Waals surface area contributed by atoms with E-state index >= 15 is 0 Å². The van der Waals surface area contributed by atoms with Crippen molar-refractivity contribution in [3.05, 3.63) is 58.4 Å². The Bertz CT molecular complexity index is 987. The fourth-order valence-electron chi connectivity index (χ4n) is 3.29. The van der Waals surface area contributed by atoms with Crippen LogP contribution >= 0.6 is 23.4 Å². The predicted molar refractivity (Wildman–Crippen MR) is 129 cm³/mol. The number of carbonyl (C=O) groups is 1. The molecule has 0 bridgehead atoms. The number of benzene rings is 1. The van der Waals surface area contributed by atoms with Gasteiger partial charge in [-0.15, -0.1) is 11.8 Å². The van der Waals surface area contributed by atoms with E-state index < -0.39 is 11.6 Å². The SMILES string of the molecule is C=O.CN.CN=C(/C=C\N)C(CN)c1cc2c(c(-c3cc(Cl)c(F)cc3F)n1)SCC2C. The van der Waals surface area contributed by atoms with Crippen molar-refractivity contribution in [1.82, 2.24) is 4.98 Å². The first kappa shape index (κ1) is 27.7. The lowest BCUT2D eigenvalue weighted by atomic mass is 9.93. The van der Waals surface area contributed by atoms with E-state index in [1.165, 1.54) is 19.3 Å². The van der Waals surface area contributed by atoms with Gasteiger partial charge in [-0.2, -0.15) is 0 Å². The second kappa shape index (κ2) is 13.3. The van der Waals surface area contributed by atoms with Crippen molar-refractivity contribution in [3.8, 4) is 11.3 Å². The highest BCUT2D eigenvalue weighted by Crippen LogP contribution is 2.46. The Kier molecular flexibility index (Phi) is 11.5. The number of allylic oxidation sites excluding steroid dienone is 1. The second-order valence-corrected chi connectivity index (χ2v) is 8.01. The molecule has 1 aliphatic heterocycles. The van der Waals surface area contributed by atoms with Gasteiger partial charge >= 0.3 is 0 Å². The van der Waals surface area contributed by atoms with E-state index in [1.807, 2.05) is 12.9 Å². The summed E-state index contributed by atoms with van der Waals surface area (Å²) in [5, 5.41) is -0.148. The van der Waals surface area contributed by atoms with E-state index in [0.29, 0.717) is 17.1 Å². The Morgan fingerprint density at radius 1 is 1.34 bits per heavy atom. The van der Waals surface area contributed by atoms with Crippen LogP contribution in [0.5, 0.6) is 0 Å². The number of halogens is 3. The first-order valence-electron chi connectivity index (χ1n) is 9.65. The van der Waals surface area contributed by atoms with E-state index in [9.17, 15) is 8.78 Å². The largest absolute Gasteiger partial charge is 0.405 e. The molecule has 32 heavy (non-hydrogen) atoms. The third-order valence-electron chi connectivity index (χ3n) is 4.77. The first-order valence-corrected chi connectivity index (χ1v) is 11.0. The van der Waals surface area contributed by atoms with Gasteiger partial charge in [-0.25, -0.2) is 8.78 Å². The predicted octanol–water partition coefficient (Wildman–Crippen LogP) is 3.86. The maximum atomic E-state index is 14.6. The highest BCUT2D eigenvalue weighted by atomic mass is 35.5. The Morgan fingerprint density at radius 3 is 2.56 bits per heavy atom. The number of nitrogens with zero attached hydrogens (tertiary/aromatic N) is 2. The van der Waals surface area contributed by atoms with E-state index in [1.54, 1.807) is 24.9 Å². The second-order valence-electron chi connectivity index (χ2n) is 6.57. The van der Waals surface area contributed by atoms with Crippen LogP contribution in [0.25, 0.3) is 11.3 Å². The maximum absolute atomic E-state index is 14.6. The number of hydrogen-bond acceptors (Lipinski definition) is 7. The summed E-state index contributed by atoms with van der Waals surface area (Å²) in [5.41, 5.74) is 19.1. The first-order chi connectivity index (χ1) is 15.4. The number of aromatic nitrogens is 1. The van der Waals surface area contributed by atoms with Crippen molar-refractivity contribution < 1.29 is 13.6 Å². The quantitative estimate of drug-likeness (QED) is 0.438. The number of aliphatic imine (C=N–C) groups is 1. The molecule has 1 aliphatic rings. The molecule has 0 amide bonds. The van der Waals surface area contributed by atoms with Crippen LogP contribution in [-0.2, 0) is 4.79 Å². The summed E-state index contributed by atoms with van der Waals surface area (Å²) in [6, 6.07) is 4.08. The third kappa shape index (κ3) is 5.92. The monoisotopic (exact) mass is 483 g/mol. The summed E-state index contributed by atoms with van der Waals surface area (Å²) in [6.07, 6.45) is 3.08. The fraction of sp³-hybridized carbons (Fsp3) is 0.318. The van der Waals surface area contributed by atoms with E-state index in [2.05, 4.69) is 17.6 Å². The molecule has 174 valence electrons. The van der Waals surface area contributed by atoms with Gasteiger partial charge in [0.15, 0.2) is 0 Å². The molecule has 2 unspecified atom stereocenters. The minimum absolute atomic E-state index is 0.148. The summed E-state index contributed by atoms with van der Waals surface area (Å²) >= 11 is 7.53. The Labute approximate surface area is 196 Å². The number of fused-ring (bicyclic) bond motifs is 1. The lowest BCUT2D eigenvalue weighted by Crippen LogP contribution is -2.22. The maximum Gasteiger partial charge on any atom is 0.144 e. The van der Waals surface area contributed by atoms with Gasteiger partial charge in [-0.3, -0.25) is 9.98 Å². The molecule has 0 fully saturated rings. The van der Waals surface area contributed by atoms with E-state index in [-0.39, 0.29) is 29.0 Å². The molecular weight excluding hydrogens is 456 g/mol. The highest BCUT2D eigenvalue weighted by molar-refractivity contribution is 7.99. The summed E-state index contributed by atoms with van der Waals surface area (Å²) in [5.74, 6) is -0.681. The van der Waals surface area contributed by atoms with Crippen molar-refractivity contribution in [2.75, 3.05) is 26.4 Å². The van der Waals surface area contributed by atoms with E-state index in [4.69, 9.17) is 32.8 Å². The summed E-state index contributed by atoms with van der Waals surface area (Å²) in [4.78, 5) is 17.9. The molecule has 1 aromatic heterocycles. The van der Waals surface area contributed by atoms with Gasteiger partial charge in [0, 0.05) is 41.6 Å². The topological polar surface area (TPSA) is 120 Å². The molecule has 2 aromatic rings. The molecule has 3 rings (SSSR count). The molecule has 2 heterocycles. The zero-order valence-corrected chi connectivity index (χ0v) is 19.8. The molecule has 0 saturated carbocycles. The molecule has 2 atom stereocenters. The van der Waals surface area contributed by atoms with Crippen molar-refractivity contribution >= 4 is 35.9 Å². The molecule has 0 spiro atoms. The van der Waals surface area contributed by atoms with Gasteiger partial charge in [0.05, 0.1) is 22.3 Å². The summed E-state index contributed by atoms with van der Waals surface area (Å²) in [6.45, 7) is 4.36. The number of thioether (sulfide) groups is 1. The number of hydrogen-bond donors (Lipinski definition) is 3. The average molecular weight is 484 g/mol. The molecule has 6 N–H and O–H groups in total. The molecular formula is C22H28ClF2N5OS. The number of nitrogens with two attached hydrogens (primary N) is 3. The van der Waals surface area contributed by atoms with Gasteiger partial charge in [0.2, 0.25) is 0 Å².